The maximum absolute atomic E-state index is 6.55. The maximum atomic E-state index is 6.55. The molecule has 1 aromatic rings. The van der Waals surface area contributed by atoms with Gasteiger partial charge in [-0.2, -0.15) is 0 Å². The number of nitrogens with one attached hydrogen (secondary N) is 1. The van der Waals surface area contributed by atoms with Gasteiger partial charge in [-0.15, -0.1) is 0 Å². The van der Waals surface area contributed by atoms with Gasteiger partial charge in [-0.1, -0.05) is 56.1 Å². The molecule has 0 radical (unpaired) electrons. The van der Waals surface area contributed by atoms with E-state index in [1.54, 1.807) is 0 Å². The number of halogens is 1. The third kappa shape index (κ3) is 3.76. The summed E-state index contributed by atoms with van der Waals surface area (Å²) < 4.78 is 0. The molecule has 2 nitrogen and oxygen atoms in total. The highest BCUT2D eigenvalue weighted by atomic mass is 35.5. The van der Waals surface area contributed by atoms with Gasteiger partial charge in [-0.25, -0.2) is 0 Å². The molecule has 0 heterocycles. The molecular weight excluding hydrogens is 304 g/mol. The van der Waals surface area contributed by atoms with E-state index in [2.05, 4.69) is 68.1 Å². The van der Waals surface area contributed by atoms with Crippen LogP contribution in [0, 0.1) is 0 Å². The average Bonchev–Trinajstić information content (AvgIpc) is 2.55. The van der Waals surface area contributed by atoms with E-state index in [-0.39, 0.29) is 11.6 Å². The van der Waals surface area contributed by atoms with Crippen molar-refractivity contribution in [1.29, 1.82) is 0 Å². The van der Waals surface area contributed by atoms with Crippen molar-refractivity contribution in [1.82, 2.24) is 5.32 Å². The van der Waals surface area contributed by atoms with E-state index < -0.39 is 0 Å². The minimum absolute atomic E-state index is 0.0382. The second-order valence-electron chi connectivity index (χ2n) is 6.54. The van der Waals surface area contributed by atoms with Gasteiger partial charge in [0.1, 0.15) is 0 Å². The fourth-order valence-corrected chi connectivity index (χ4v) is 3.52. The van der Waals surface area contributed by atoms with E-state index >= 15 is 0 Å². The summed E-state index contributed by atoms with van der Waals surface area (Å²) in [5, 5.41) is 4.04. The van der Waals surface area contributed by atoms with Crippen LogP contribution in [0.25, 0.3) is 5.57 Å². The third-order valence-electron chi connectivity index (χ3n) is 4.87. The Morgan fingerprint density at radius 3 is 2.52 bits per heavy atom. The molecule has 1 aromatic carbocycles. The van der Waals surface area contributed by atoms with Crippen LogP contribution in [0.2, 0.25) is 0 Å². The van der Waals surface area contributed by atoms with Crippen LogP contribution in [0.3, 0.4) is 0 Å². The molecule has 3 atom stereocenters. The van der Waals surface area contributed by atoms with Crippen LogP contribution in [0.4, 0.5) is 0 Å². The number of hydrogen-bond acceptors (Lipinski definition) is 2. The molecule has 0 amide bonds. The van der Waals surface area contributed by atoms with E-state index in [1.807, 2.05) is 13.1 Å². The topological polar surface area (TPSA) is 24.4 Å². The fraction of sp³-hybridized carbons (Fsp3) is 0.450. The van der Waals surface area contributed by atoms with Gasteiger partial charge < -0.3 is 5.32 Å². The van der Waals surface area contributed by atoms with Crippen molar-refractivity contribution in [2.24, 2.45) is 4.99 Å². The van der Waals surface area contributed by atoms with Crippen LogP contribution >= 0.6 is 11.6 Å². The van der Waals surface area contributed by atoms with E-state index in [9.17, 15) is 0 Å². The van der Waals surface area contributed by atoms with Gasteiger partial charge in [0.2, 0.25) is 0 Å². The molecule has 1 N–H and O–H groups in total. The van der Waals surface area contributed by atoms with Gasteiger partial charge >= 0.3 is 0 Å². The first-order valence-electron chi connectivity index (χ1n) is 8.30. The lowest BCUT2D eigenvalue weighted by Crippen LogP contribution is -2.48. The van der Waals surface area contributed by atoms with Crippen molar-refractivity contribution in [3.05, 3.63) is 52.6 Å². The van der Waals surface area contributed by atoms with Gasteiger partial charge in [0, 0.05) is 5.03 Å². The van der Waals surface area contributed by atoms with Crippen molar-refractivity contribution in [2.75, 3.05) is 7.05 Å². The standard InChI is InChI=1S/C20H27ClN2/c1-6-7-14(2)15-8-10-16(11-9-15)17-12-19(22-4)20(3,23-5)13-18(17)21/h8-14,19,23H,4,6-7H2,1-3,5H3. The molecule has 0 saturated carbocycles. The Hall–Kier alpha value is -1.38. The molecule has 0 spiro atoms. The zero-order valence-corrected chi connectivity index (χ0v) is 15.3. The lowest BCUT2D eigenvalue weighted by Gasteiger charge is -2.34. The second-order valence-corrected chi connectivity index (χ2v) is 6.95. The van der Waals surface area contributed by atoms with E-state index in [1.165, 1.54) is 18.4 Å². The first-order valence-corrected chi connectivity index (χ1v) is 8.68. The summed E-state index contributed by atoms with van der Waals surface area (Å²) in [4.78, 5) is 4.26. The molecule has 23 heavy (non-hydrogen) atoms. The number of allylic oxidation sites excluding steroid dienone is 2. The van der Waals surface area contributed by atoms with Gasteiger partial charge in [0.15, 0.2) is 0 Å². The van der Waals surface area contributed by atoms with Crippen LogP contribution in [-0.4, -0.2) is 25.3 Å². The van der Waals surface area contributed by atoms with Crippen molar-refractivity contribution in [3.8, 4) is 0 Å². The highest BCUT2D eigenvalue weighted by molar-refractivity contribution is 6.37. The van der Waals surface area contributed by atoms with Crippen LogP contribution in [0.5, 0.6) is 0 Å². The number of nitrogens with zero attached hydrogens (tertiary/aromatic N) is 1. The Morgan fingerprint density at radius 2 is 2.00 bits per heavy atom. The highest BCUT2D eigenvalue weighted by Crippen LogP contribution is 2.36. The van der Waals surface area contributed by atoms with Crippen LogP contribution in [-0.2, 0) is 0 Å². The largest absolute Gasteiger partial charge is 0.309 e. The van der Waals surface area contributed by atoms with E-state index in [4.69, 9.17) is 11.6 Å². The van der Waals surface area contributed by atoms with Gasteiger partial charge in [0.25, 0.3) is 0 Å². The van der Waals surface area contributed by atoms with Crippen molar-refractivity contribution >= 4 is 23.9 Å². The van der Waals surface area contributed by atoms with E-state index in [0.29, 0.717) is 5.92 Å². The first kappa shape index (κ1) is 18.0. The molecule has 0 saturated heterocycles. The lowest BCUT2D eigenvalue weighted by molar-refractivity contribution is 0.432. The average molecular weight is 331 g/mol. The fourth-order valence-electron chi connectivity index (χ4n) is 3.12. The Kier molecular flexibility index (Phi) is 5.83. The molecule has 3 unspecified atom stereocenters. The number of aliphatic imine (C=N–C) groups is 1. The highest BCUT2D eigenvalue weighted by Gasteiger charge is 2.33. The Labute approximate surface area is 145 Å². The molecule has 124 valence electrons. The second kappa shape index (κ2) is 7.46. The molecule has 2 rings (SSSR count). The Morgan fingerprint density at radius 1 is 1.35 bits per heavy atom. The molecule has 0 bridgehead atoms. The normalized spacial score (nSPS) is 25.5. The predicted molar refractivity (Wildman–Crippen MR) is 102 cm³/mol. The minimum Gasteiger partial charge on any atom is -0.309 e. The minimum atomic E-state index is -0.294. The summed E-state index contributed by atoms with van der Waals surface area (Å²) in [6, 6.07) is 8.70. The van der Waals surface area contributed by atoms with E-state index in [0.717, 1.165) is 16.2 Å². The molecule has 0 aromatic heterocycles. The zero-order valence-electron chi connectivity index (χ0n) is 14.6. The third-order valence-corrected chi connectivity index (χ3v) is 5.18. The Balaban J connectivity index is 2.31. The zero-order chi connectivity index (χ0) is 17.0. The monoisotopic (exact) mass is 330 g/mol. The van der Waals surface area contributed by atoms with Crippen LogP contribution in [0.1, 0.15) is 50.7 Å². The molecule has 3 heteroatoms. The summed E-state index contributed by atoms with van der Waals surface area (Å²) >= 11 is 6.55. The number of rotatable bonds is 6. The van der Waals surface area contributed by atoms with Gasteiger partial charge in [-0.3, -0.25) is 4.99 Å². The van der Waals surface area contributed by atoms with Crippen molar-refractivity contribution < 1.29 is 0 Å². The maximum Gasteiger partial charge on any atom is 0.0897 e. The quantitative estimate of drug-likeness (QED) is 0.716. The molecule has 0 fully saturated rings. The Bertz CT molecular complexity index is 615. The molecular formula is C20H27ClN2. The number of hydrogen-bond donors (Lipinski definition) is 1. The van der Waals surface area contributed by atoms with Gasteiger partial charge in [-0.05, 0) is 61.9 Å². The van der Waals surface area contributed by atoms with Crippen molar-refractivity contribution in [3.63, 3.8) is 0 Å². The molecule has 1 aliphatic carbocycles. The summed E-state index contributed by atoms with van der Waals surface area (Å²) in [6.45, 7) is 10.3. The summed E-state index contributed by atoms with van der Waals surface area (Å²) in [7, 11) is 1.92. The number of benzene rings is 1. The lowest BCUT2D eigenvalue weighted by atomic mass is 9.83. The number of likely N-dealkylation sites (N-methyl/N-ethyl adjacent to an activating group) is 1. The summed E-state index contributed by atoms with van der Waals surface area (Å²) in [5.74, 6) is 0.593. The SMILES string of the molecule is C=NC1C=C(c2ccc(C(C)CCC)cc2)C(Cl)=CC1(C)NC. The van der Waals surface area contributed by atoms with Crippen LogP contribution in [0.15, 0.2) is 46.4 Å². The molecule has 0 aliphatic heterocycles. The predicted octanol–water partition coefficient (Wildman–Crippen LogP) is 5.16. The first-order chi connectivity index (χ1) is 10.9. The van der Waals surface area contributed by atoms with Gasteiger partial charge in [0.05, 0.1) is 11.6 Å². The summed E-state index contributed by atoms with van der Waals surface area (Å²) in [5.41, 5.74) is 3.25. The van der Waals surface area contributed by atoms with Crippen LogP contribution < -0.4 is 5.32 Å². The molecule has 1 aliphatic rings. The summed E-state index contributed by atoms with van der Waals surface area (Å²) in [6.07, 6.45) is 6.57. The van der Waals surface area contributed by atoms with Crippen molar-refractivity contribution in [2.45, 2.75) is 51.1 Å². The smallest absolute Gasteiger partial charge is 0.0897 e.